The van der Waals surface area contributed by atoms with Crippen LogP contribution in [0.5, 0.6) is 0 Å². The number of hydrogen-bond acceptors (Lipinski definition) is 2. The molecule has 3 aromatic carbocycles. The third kappa shape index (κ3) is 4.98. The van der Waals surface area contributed by atoms with Crippen molar-refractivity contribution in [3.63, 3.8) is 0 Å². The Balaban J connectivity index is 1.79. The van der Waals surface area contributed by atoms with Crippen molar-refractivity contribution in [1.82, 2.24) is 0 Å². The maximum atomic E-state index is 13.6. The summed E-state index contributed by atoms with van der Waals surface area (Å²) in [6, 6.07) is 28.3. The number of benzene rings is 3. The van der Waals surface area contributed by atoms with E-state index in [1.165, 1.54) is 0 Å². The highest BCUT2D eigenvalue weighted by atomic mass is 79.9. The molecular formula is C27H24BrNO. The molecule has 0 unspecified atom stereocenters. The van der Waals surface area contributed by atoms with E-state index >= 15 is 0 Å². The number of nitrogens with one attached hydrogen (secondary N) is 1. The van der Waals surface area contributed by atoms with E-state index in [-0.39, 0.29) is 5.78 Å². The molecule has 0 aromatic heterocycles. The second kappa shape index (κ2) is 9.73. The number of carbonyl (C=O) groups is 1. The summed E-state index contributed by atoms with van der Waals surface area (Å²) in [6.07, 6.45) is 5.67. The Morgan fingerprint density at radius 2 is 1.43 bits per heavy atom. The van der Waals surface area contributed by atoms with Crippen LogP contribution in [0.2, 0.25) is 0 Å². The fraction of sp³-hybridized carbons (Fsp3) is 0.148. The Hall–Kier alpha value is -2.91. The number of carbonyl (C=O) groups excluding carboxylic acids is 1. The highest BCUT2D eigenvalue weighted by molar-refractivity contribution is 9.10. The van der Waals surface area contributed by atoms with Crippen LogP contribution in [0.1, 0.15) is 36.8 Å². The Labute approximate surface area is 186 Å². The molecule has 1 fully saturated rings. The van der Waals surface area contributed by atoms with E-state index in [0.29, 0.717) is 0 Å². The minimum Gasteiger partial charge on any atom is -0.355 e. The van der Waals surface area contributed by atoms with Crippen LogP contribution in [0.25, 0.3) is 11.8 Å². The highest BCUT2D eigenvalue weighted by Gasteiger charge is 2.23. The smallest absolute Gasteiger partial charge is 0.187 e. The molecule has 2 nitrogen and oxygen atoms in total. The van der Waals surface area contributed by atoms with Gasteiger partial charge < -0.3 is 5.32 Å². The van der Waals surface area contributed by atoms with Crippen LogP contribution in [0, 0.1) is 0 Å². The van der Waals surface area contributed by atoms with Gasteiger partial charge in [-0.1, -0.05) is 76.6 Å². The molecular weight excluding hydrogens is 434 g/mol. The van der Waals surface area contributed by atoms with Gasteiger partial charge in [-0.2, -0.15) is 0 Å². The minimum absolute atomic E-state index is 0.153. The van der Waals surface area contributed by atoms with Crippen LogP contribution < -0.4 is 5.32 Å². The number of halogens is 1. The summed E-state index contributed by atoms with van der Waals surface area (Å²) in [4.78, 5) is 13.6. The number of rotatable bonds is 4. The van der Waals surface area contributed by atoms with E-state index in [9.17, 15) is 4.79 Å². The highest BCUT2D eigenvalue weighted by Crippen LogP contribution is 2.32. The van der Waals surface area contributed by atoms with Gasteiger partial charge in [-0.3, -0.25) is 4.79 Å². The molecule has 1 aliphatic rings. The zero-order valence-corrected chi connectivity index (χ0v) is 18.4. The van der Waals surface area contributed by atoms with Gasteiger partial charge in [0.1, 0.15) is 0 Å². The van der Waals surface area contributed by atoms with E-state index in [4.69, 9.17) is 0 Å². The van der Waals surface area contributed by atoms with Crippen molar-refractivity contribution in [3.05, 3.63) is 112 Å². The summed E-state index contributed by atoms with van der Waals surface area (Å²) in [7, 11) is 0. The first-order chi connectivity index (χ1) is 14.7. The normalized spacial score (nSPS) is 17.5. The molecule has 0 heterocycles. The average molecular weight is 458 g/mol. The predicted molar refractivity (Wildman–Crippen MR) is 129 cm³/mol. The second-order valence-electron chi connectivity index (χ2n) is 7.47. The van der Waals surface area contributed by atoms with Gasteiger partial charge in [-0.05, 0) is 67.2 Å². The first-order valence-electron chi connectivity index (χ1n) is 10.3. The lowest BCUT2D eigenvalue weighted by Crippen LogP contribution is -2.11. The Morgan fingerprint density at radius 3 is 2.13 bits per heavy atom. The summed E-state index contributed by atoms with van der Waals surface area (Å²) < 4.78 is 1.03. The molecule has 3 aromatic rings. The Kier molecular flexibility index (Phi) is 6.60. The van der Waals surface area contributed by atoms with E-state index < -0.39 is 0 Å². The number of Topliss-reactive ketones (excluding diaryl/α,β-unsaturated/α-hetero) is 1. The van der Waals surface area contributed by atoms with Crippen molar-refractivity contribution in [2.45, 2.75) is 25.7 Å². The lowest BCUT2D eigenvalue weighted by Gasteiger charge is -2.17. The first kappa shape index (κ1) is 20.4. The van der Waals surface area contributed by atoms with E-state index in [1.54, 1.807) is 0 Å². The van der Waals surface area contributed by atoms with Gasteiger partial charge in [0.15, 0.2) is 5.78 Å². The Morgan fingerprint density at radius 1 is 0.800 bits per heavy atom. The molecule has 0 atom stereocenters. The Bertz CT molecular complexity index is 1070. The van der Waals surface area contributed by atoms with E-state index in [0.717, 1.165) is 63.8 Å². The second-order valence-corrected chi connectivity index (χ2v) is 8.38. The quantitative estimate of drug-likeness (QED) is 0.324. The van der Waals surface area contributed by atoms with Gasteiger partial charge in [0.05, 0.1) is 5.70 Å². The zero-order valence-electron chi connectivity index (χ0n) is 16.8. The van der Waals surface area contributed by atoms with Crippen molar-refractivity contribution in [2.75, 3.05) is 5.32 Å². The third-order valence-corrected chi connectivity index (χ3v) is 5.84. The van der Waals surface area contributed by atoms with Crippen LogP contribution >= 0.6 is 15.9 Å². The fourth-order valence-electron chi connectivity index (χ4n) is 3.77. The SMILES string of the molecule is O=C1/C(=C\c2ccccc2)CCCC/C1=C(/Nc1ccc(Br)cc1)c1ccccc1. The molecule has 30 heavy (non-hydrogen) atoms. The molecule has 0 saturated heterocycles. The molecule has 150 valence electrons. The summed E-state index contributed by atoms with van der Waals surface area (Å²) in [5.41, 5.74) is 5.73. The molecule has 1 saturated carbocycles. The molecule has 0 amide bonds. The van der Waals surface area contributed by atoms with Gasteiger partial charge in [-0.25, -0.2) is 0 Å². The lowest BCUT2D eigenvalue weighted by molar-refractivity contribution is -0.112. The summed E-state index contributed by atoms with van der Waals surface area (Å²) >= 11 is 3.49. The van der Waals surface area contributed by atoms with Crippen LogP contribution in [-0.4, -0.2) is 5.78 Å². The number of allylic oxidation sites excluding steroid dienone is 2. The van der Waals surface area contributed by atoms with E-state index in [2.05, 4.69) is 39.5 Å². The first-order valence-corrected chi connectivity index (χ1v) is 11.1. The molecule has 1 N–H and O–H groups in total. The number of hydrogen-bond donors (Lipinski definition) is 1. The molecule has 4 rings (SSSR count). The van der Waals surface area contributed by atoms with Crippen molar-refractivity contribution in [2.24, 2.45) is 0 Å². The van der Waals surface area contributed by atoms with Crippen LogP contribution in [0.3, 0.4) is 0 Å². The maximum absolute atomic E-state index is 13.6. The molecule has 0 spiro atoms. The monoisotopic (exact) mass is 457 g/mol. The molecule has 0 bridgehead atoms. The largest absolute Gasteiger partial charge is 0.355 e. The zero-order chi connectivity index (χ0) is 20.8. The number of ketones is 1. The van der Waals surface area contributed by atoms with Crippen LogP contribution in [-0.2, 0) is 4.79 Å². The fourth-order valence-corrected chi connectivity index (χ4v) is 4.03. The lowest BCUT2D eigenvalue weighted by atomic mass is 9.95. The molecule has 0 radical (unpaired) electrons. The molecule has 3 heteroatoms. The predicted octanol–water partition coefficient (Wildman–Crippen LogP) is 7.50. The molecule has 0 aliphatic heterocycles. The van der Waals surface area contributed by atoms with Crippen molar-refractivity contribution < 1.29 is 4.79 Å². The summed E-state index contributed by atoms with van der Waals surface area (Å²) in [5, 5.41) is 3.55. The van der Waals surface area contributed by atoms with Crippen molar-refractivity contribution in [3.8, 4) is 0 Å². The van der Waals surface area contributed by atoms with E-state index in [1.807, 2.05) is 72.8 Å². The van der Waals surface area contributed by atoms with Gasteiger partial charge in [0.25, 0.3) is 0 Å². The maximum Gasteiger partial charge on any atom is 0.187 e. The van der Waals surface area contributed by atoms with Crippen LogP contribution in [0.4, 0.5) is 5.69 Å². The van der Waals surface area contributed by atoms with Crippen molar-refractivity contribution in [1.29, 1.82) is 0 Å². The molecule has 1 aliphatic carbocycles. The van der Waals surface area contributed by atoms with Gasteiger partial charge >= 0.3 is 0 Å². The summed E-state index contributed by atoms with van der Waals surface area (Å²) in [6.45, 7) is 0. The van der Waals surface area contributed by atoms with Gasteiger partial charge in [0, 0.05) is 21.3 Å². The van der Waals surface area contributed by atoms with Crippen molar-refractivity contribution >= 4 is 39.2 Å². The van der Waals surface area contributed by atoms with Gasteiger partial charge in [-0.15, -0.1) is 0 Å². The van der Waals surface area contributed by atoms with Crippen LogP contribution in [0.15, 0.2) is 101 Å². The number of anilines is 1. The van der Waals surface area contributed by atoms with Gasteiger partial charge in [0.2, 0.25) is 0 Å². The minimum atomic E-state index is 0.153. The topological polar surface area (TPSA) is 29.1 Å². The summed E-state index contributed by atoms with van der Waals surface area (Å²) in [5.74, 6) is 0.153. The third-order valence-electron chi connectivity index (χ3n) is 5.31. The standard InChI is InChI=1S/C27H24BrNO/c28-23-15-17-24(18-16-23)29-26(21-11-5-2-6-12-21)25-14-8-7-13-22(27(25)30)19-20-9-3-1-4-10-20/h1-6,9-12,15-19,29H,7-8,13-14H2/b22-19-,26-25-. The average Bonchev–Trinajstić information content (AvgIpc) is 2.96.